The number of guanidine groups is 1. The summed E-state index contributed by atoms with van der Waals surface area (Å²) in [6.45, 7) is 5.84. The molecular weight excluding hydrogens is 276 g/mol. The van der Waals surface area contributed by atoms with Crippen LogP contribution in [0.15, 0.2) is 59.9 Å². The summed E-state index contributed by atoms with van der Waals surface area (Å²) < 4.78 is 7.77. The van der Waals surface area contributed by atoms with E-state index in [1.807, 2.05) is 54.9 Å². The van der Waals surface area contributed by atoms with Crippen molar-refractivity contribution in [3.05, 3.63) is 54.9 Å². The molecule has 0 unspecified atom stereocenters. The fourth-order valence-electron chi connectivity index (χ4n) is 1.99. The van der Waals surface area contributed by atoms with Crippen LogP contribution < -0.4 is 15.4 Å². The first-order chi connectivity index (χ1) is 10.9. The molecule has 118 valence electrons. The lowest BCUT2D eigenvalue weighted by atomic mass is 10.3. The molecule has 0 spiro atoms. The Morgan fingerprint density at radius 1 is 1.09 bits per heavy atom. The van der Waals surface area contributed by atoms with E-state index in [1.54, 1.807) is 0 Å². The minimum absolute atomic E-state index is 0.603. The predicted molar refractivity (Wildman–Crippen MR) is 90.4 cm³/mol. The van der Waals surface area contributed by atoms with Gasteiger partial charge in [0.1, 0.15) is 12.4 Å². The Balaban J connectivity index is 1.69. The van der Waals surface area contributed by atoms with Crippen LogP contribution in [0.5, 0.6) is 5.75 Å². The Morgan fingerprint density at radius 2 is 1.86 bits per heavy atom. The molecule has 1 aromatic heterocycles. The van der Waals surface area contributed by atoms with Crippen molar-refractivity contribution >= 4 is 5.96 Å². The van der Waals surface area contributed by atoms with E-state index >= 15 is 0 Å². The Kier molecular flexibility index (Phi) is 6.88. The number of aromatic nitrogens is 1. The van der Waals surface area contributed by atoms with Crippen molar-refractivity contribution in [1.29, 1.82) is 0 Å². The number of aliphatic imine (C=N–C) groups is 1. The van der Waals surface area contributed by atoms with Gasteiger partial charge in [0.05, 0.1) is 13.1 Å². The SMILES string of the molecule is CCNC(=NCCn1cccc1)NCCOc1ccccc1. The highest BCUT2D eigenvalue weighted by molar-refractivity contribution is 5.79. The third-order valence-corrected chi connectivity index (χ3v) is 3.04. The number of nitrogens with one attached hydrogen (secondary N) is 2. The van der Waals surface area contributed by atoms with Crippen LogP contribution in [0.3, 0.4) is 0 Å². The summed E-state index contributed by atoms with van der Waals surface area (Å²) >= 11 is 0. The number of hydrogen-bond acceptors (Lipinski definition) is 2. The number of benzene rings is 1. The highest BCUT2D eigenvalue weighted by atomic mass is 16.5. The smallest absolute Gasteiger partial charge is 0.191 e. The van der Waals surface area contributed by atoms with E-state index < -0.39 is 0 Å². The number of hydrogen-bond donors (Lipinski definition) is 2. The van der Waals surface area contributed by atoms with E-state index in [4.69, 9.17) is 4.74 Å². The highest BCUT2D eigenvalue weighted by Crippen LogP contribution is 2.07. The number of rotatable bonds is 8. The summed E-state index contributed by atoms with van der Waals surface area (Å²) in [5.74, 6) is 1.71. The normalized spacial score (nSPS) is 11.2. The Labute approximate surface area is 132 Å². The van der Waals surface area contributed by atoms with Crippen molar-refractivity contribution in [1.82, 2.24) is 15.2 Å². The van der Waals surface area contributed by atoms with Crippen molar-refractivity contribution in [2.24, 2.45) is 4.99 Å². The molecule has 2 aromatic rings. The van der Waals surface area contributed by atoms with Crippen molar-refractivity contribution in [3.63, 3.8) is 0 Å². The molecule has 22 heavy (non-hydrogen) atoms. The molecule has 0 aliphatic rings. The maximum atomic E-state index is 5.65. The molecule has 0 saturated carbocycles. The summed E-state index contributed by atoms with van der Waals surface area (Å²) in [7, 11) is 0. The van der Waals surface area contributed by atoms with Crippen molar-refractivity contribution in [2.75, 3.05) is 26.2 Å². The largest absolute Gasteiger partial charge is 0.492 e. The summed E-state index contributed by atoms with van der Waals surface area (Å²) in [5.41, 5.74) is 0. The third kappa shape index (κ3) is 5.91. The van der Waals surface area contributed by atoms with Gasteiger partial charge in [-0.2, -0.15) is 0 Å². The zero-order valence-electron chi connectivity index (χ0n) is 13.0. The standard InChI is InChI=1S/C17H24N4O/c1-2-18-17(19-10-14-21-12-6-7-13-21)20-11-15-22-16-8-4-3-5-9-16/h3-9,12-13H,2,10-11,14-15H2,1H3,(H2,18,19,20). The van der Waals surface area contributed by atoms with E-state index in [0.717, 1.165) is 31.3 Å². The van der Waals surface area contributed by atoms with Gasteiger partial charge in [-0.3, -0.25) is 4.99 Å². The number of nitrogens with zero attached hydrogens (tertiary/aromatic N) is 2. The topological polar surface area (TPSA) is 50.6 Å². The van der Waals surface area contributed by atoms with E-state index in [2.05, 4.69) is 27.1 Å². The molecule has 1 aromatic carbocycles. The maximum absolute atomic E-state index is 5.65. The fraction of sp³-hybridized carbons (Fsp3) is 0.353. The summed E-state index contributed by atoms with van der Waals surface area (Å²) in [4.78, 5) is 4.55. The van der Waals surface area contributed by atoms with E-state index in [9.17, 15) is 0 Å². The van der Waals surface area contributed by atoms with Gasteiger partial charge in [0.2, 0.25) is 0 Å². The molecule has 0 fully saturated rings. The predicted octanol–water partition coefficient (Wildman–Crippen LogP) is 2.12. The lowest BCUT2D eigenvalue weighted by Crippen LogP contribution is -2.39. The van der Waals surface area contributed by atoms with Crippen molar-refractivity contribution < 1.29 is 4.74 Å². The Bertz CT molecular complexity index is 537. The van der Waals surface area contributed by atoms with Gasteiger partial charge < -0.3 is 19.9 Å². The number of ether oxygens (including phenoxy) is 1. The van der Waals surface area contributed by atoms with Gasteiger partial charge in [-0.25, -0.2) is 0 Å². The molecule has 5 nitrogen and oxygen atoms in total. The first-order valence-corrected chi connectivity index (χ1v) is 7.69. The first-order valence-electron chi connectivity index (χ1n) is 7.69. The summed E-state index contributed by atoms with van der Waals surface area (Å²) in [5, 5.41) is 6.51. The van der Waals surface area contributed by atoms with Gasteiger partial charge in [0, 0.05) is 25.5 Å². The average molecular weight is 300 g/mol. The second-order valence-electron chi connectivity index (χ2n) is 4.77. The van der Waals surface area contributed by atoms with Crippen molar-refractivity contribution in [2.45, 2.75) is 13.5 Å². The Morgan fingerprint density at radius 3 is 2.59 bits per heavy atom. The average Bonchev–Trinajstić information content (AvgIpc) is 3.06. The Hall–Kier alpha value is -2.43. The number of para-hydroxylation sites is 1. The first kappa shape index (κ1) is 15.9. The molecule has 2 N–H and O–H groups in total. The van der Waals surface area contributed by atoms with Crippen LogP contribution in [-0.2, 0) is 6.54 Å². The molecule has 1 heterocycles. The van der Waals surface area contributed by atoms with Crippen LogP contribution in [0.2, 0.25) is 0 Å². The summed E-state index contributed by atoms with van der Waals surface area (Å²) in [6, 6.07) is 13.9. The lowest BCUT2D eigenvalue weighted by Gasteiger charge is -2.12. The van der Waals surface area contributed by atoms with E-state index in [0.29, 0.717) is 13.2 Å². The molecular formula is C17H24N4O. The van der Waals surface area contributed by atoms with Gasteiger partial charge in [-0.05, 0) is 31.2 Å². The molecule has 0 aliphatic carbocycles. The molecule has 2 rings (SSSR count). The molecule has 5 heteroatoms. The fourth-order valence-corrected chi connectivity index (χ4v) is 1.99. The van der Waals surface area contributed by atoms with Gasteiger partial charge in [-0.15, -0.1) is 0 Å². The zero-order chi connectivity index (χ0) is 15.5. The zero-order valence-corrected chi connectivity index (χ0v) is 13.0. The van der Waals surface area contributed by atoms with E-state index in [-0.39, 0.29) is 0 Å². The highest BCUT2D eigenvalue weighted by Gasteiger charge is 1.97. The van der Waals surface area contributed by atoms with Gasteiger partial charge in [0.15, 0.2) is 5.96 Å². The van der Waals surface area contributed by atoms with Gasteiger partial charge in [-0.1, -0.05) is 18.2 Å². The molecule has 0 atom stereocenters. The molecule has 0 radical (unpaired) electrons. The third-order valence-electron chi connectivity index (χ3n) is 3.04. The van der Waals surface area contributed by atoms with Crippen LogP contribution in [0, 0.1) is 0 Å². The molecule has 0 bridgehead atoms. The molecule has 0 saturated heterocycles. The quantitative estimate of drug-likeness (QED) is 0.446. The molecule has 0 aliphatic heterocycles. The molecule has 0 amide bonds. The second-order valence-corrected chi connectivity index (χ2v) is 4.77. The second kappa shape index (κ2) is 9.50. The lowest BCUT2D eigenvalue weighted by molar-refractivity contribution is 0.322. The van der Waals surface area contributed by atoms with Crippen LogP contribution in [0.1, 0.15) is 6.92 Å². The maximum Gasteiger partial charge on any atom is 0.191 e. The van der Waals surface area contributed by atoms with Crippen LogP contribution in [-0.4, -0.2) is 36.8 Å². The minimum Gasteiger partial charge on any atom is -0.492 e. The van der Waals surface area contributed by atoms with Crippen LogP contribution in [0.25, 0.3) is 0 Å². The van der Waals surface area contributed by atoms with E-state index in [1.165, 1.54) is 0 Å². The monoisotopic (exact) mass is 300 g/mol. The van der Waals surface area contributed by atoms with Gasteiger partial charge in [0.25, 0.3) is 0 Å². The van der Waals surface area contributed by atoms with Crippen molar-refractivity contribution in [3.8, 4) is 5.75 Å². The summed E-state index contributed by atoms with van der Waals surface area (Å²) in [6.07, 6.45) is 4.09. The minimum atomic E-state index is 0.603. The van der Waals surface area contributed by atoms with Crippen LogP contribution in [0.4, 0.5) is 0 Å². The van der Waals surface area contributed by atoms with Gasteiger partial charge >= 0.3 is 0 Å². The van der Waals surface area contributed by atoms with Crippen LogP contribution >= 0.6 is 0 Å².